The van der Waals surface area contributed by atoms with Crippen LogP contribution in [0, 0.1) is 0 Å². The Balaban J connectivity index is 1.69. The summed E-state index contributed by atoms with van der Waals surface area (Å²) in [4.78, 5) is 33.2. The maximum atomic E-state index is 12.0. The number of urea groups is 1. The first kappa shape index (κ1) is 14.0. The Morgan fingerprint density at radius 3 is 2.73 bits per heavy atom. The fourth-order valence-corrected chi connectivity index (χ4v) is 2.21. The van der Waals surface area contributed by atoms with E-state index in [-0.39, 0.29) is 17.6 Å². The van der Waals surface area contributed by atoms with Crippen LogP contribution >= 0.6 is 0 Å². The van der Waals surface area contributed by atoms with E-state index in [2.05, 4.69) is 20.6 Å². The predicted octanol–water partition coefficient (Wildman–Crippen LogP) is 1.65. The highest BCUT2D eigenvalue weighted by Gasteiger charge is 2.18. The van der Waals surface area contributed by atoms with E-state index in [1.165, 1.54) is 18.6 Å². The number of hydrogen-bond donors (Lipinski definition) is 2. The number of nitrogens with zero attached hydrogens (tertiary/aromatic N) is 3. The average molecular weight is 297 g/mol. The summed E-state index contributed by atoms with van der Waals surface area (Å²) in [6.07, 6.45) is 5.29. The van der Waals surface area contributed by atoms with Gasteiger partial charge in [-0.3, -0.25) is 14.7 Å². The Bertz CT molecular complexity index is 672. The summed E-state index contributed by atoms with van der Waals surface area (Å²) in [5.74, 6) is -0.323. The van der Waals surface area contributed by atoms with E-state index >= 15 is 0 Å². The van der Waals surface area contributed by atoms with Crippen LogP contribution < -0.4 is 15.5 Å². The van der Waals surface area contributed by atoms with Gasteiger partial charge < -0.3 is 10.6 Å². The summed E-state index contributed by atoms with van der Waals surface area (Å²) >= 11 is 0. The van der Waals surface area contributed by atoms with Crippen molar-refractivity contribution in [3.05, 3.63) is 48.5 Å². The molecule has 3 amide bonds. The van der Waals surface area contributed by atoms with Gasteiger partial charge in [0, 0.05) is 36.9 Å². The second-order valence-corrected chi connectivity index (χ2v) is 4.83. The number of nitrogens with one attached hydrogen (secondary N) is 2. The quantitative estimate of drug-likeness (QED) is 0.901. The molecule has 2 N–H and O–H groups in total. The van der Waals surface area contributed by atoms with Crippen LogP contribution in [0.1, 0.15) is 16.9 Å². The smallest absolute Gasteiger partial charge is 0.321 e. The predicted molar refractivity (Wildman–Crippen MR) is 81.8 cm³/mol. The van der Waals surface area contributed by atoms with Crippen LogP contribution in [-0.2, 0) is 0 Å². The largest absolute Gasteiger partial charge is 0.338 e. The van der Waals surface area contributed by atoms with Crippen LogP contribution in [0.5, 0.6) is 0 Å². The molecule has 0 radical (unpaired) electrons. The normalized spacial score (nSPS) is 14.4. The zero-order chi connectivity index (χ0) is 15.4. The third-order valence-electron chi connectivity index (χ3n) is 3.31. The first-order valence-electron chi connectivity index (χ1n) is 6.97. The summed E-state index contributed by atoms with van der Waals surface area (Å²) in [5, 5.41) is 5.54. The molecule has 3 rings (SSSR count). The first-order valence-corrected chi connectivity index (χ1v) is 6.97. The first-order chi connectivity index (χ1) is 10.7. The number of carbonyl (C=O) groups excluding carboxylic acids is 2. The summed E-state index contributed by atoms with van der Waals surface area (Å²) in [7, 11) is 0. The van der Waals surface area contributed by atoms with Gasteiger partial charge in [-0.15, -0.1) is 0 Å². The van der Waals surface area contributed by atoms with Gasteiger partial charge in [-0.05, 0) is 30.7 Å². The summed E-state index contributed by atoms with van der Waals surface area (Å²) in [6, 6.07) is 7.02. The van der Waals surface area contributed by atoms with E-state index in [4.69, 9.17) is 0 Å². The minimum atomic E-state index is -0.323. The summed E-state index contributed by atoms with van der Waals surface area (Å²) < 4.78 is 0. The van der Waals surface area contributed by atoms with Gasteiger partial charge in [0.25, 0.3) is 5.91 Å². The molecule has 0 aliphatic carbocycles. The molecule has 7 nitrogen and oxygen atoms in total. The van der Waals surface area contributed by atoms with E-state index < -0.39 is 0 Å². The Kier molecular flexibility index (Phi) is 3.95. The fourth-order valence-electron chi connectivity index (χ4n) is 2.21. The van der Waals surface area contributed by atoms with Gasteiger partial charge in [0.2, 0.25) is 0 Å². The molecule has 0 bridgehead atoms. The van der Waals surface area contributed by atoms with Crippen LogP contribution in [0.15, 0.2) is 42.9 Å². The number of amides is 3. The van der Waals surface area contributed by atoms with Gasteiger partial charge in [-0.1, -0.05) is 0 Å². The molecule has 1 aromatic carbocycles. The molecule has 1 saturated heterocycles. The Morgan fingerprint density at radius 1 is 1.23 bits per heavy atom. The van der Waals surface area contributed by atoms with Gasteiger partial charge >= 0.3 is 6.03 Å². The molecule has 0 atom stereocenters. The molecule has 22 heavy (non-hydrogen) atoms. The average Bonchev–Trinajstić information content (AvgIpc) is 2.57. The molecule has 112 valence electrons. The third-order valence-corrected chi connectivity index (χ3v) is 3.31. The van der Waals surface area contributed by atoms with Crippen LogP contribution in [-0.4, -0.2) is 35.0 Å². The zero-order valence-corrected chi connectivity index (χ0v) is 11.8. The molecule has 7 heteroatoms. The highest BCUT2D eigenvalue weighted by molar-refractivity contribution is 6.02. The lowest BCUT2D eigenvalue weighted by atomic mass is 10.2. The van der Waals surface area contributed by atoms with E-state index in [9.17, 15) is 9.59 Å². The standard InChI is InChI=1S/C15H15N5O2/c21-14(13-10-16-7-8-17-13)19-11-2-4-12(5-3-11)20-9-1-6-18-15(20)22/h2-5,7-8,10H,1,6,9H2,(H,18,22)(H,19,21). The fraction of sp³-hybridized carbons (Fsp3) is 0.200. The molecular weight excluding hydrogens is 282 g/mol. The summed E-state index contributed by atoms with van der Waals surface area (Å²) in [5.41, 5.74) is 1.69. The number of benzene rings is 1. The highest BCUT2D eigenvalue weighted by Crippen LogP contribution is 2.20. The summed E-state index contributed by atoms with van der Waals surface area (Å²) in [6.45, 7) is 1.40. The second kappa shape index (κ2) is 6.21. The van der Waals surface area contributed by atoms with Crippen molar-refractivity contribution in [1.82, 2.24) is 15.3 Å². The number of carbonyl (C=O) groups is 2. The van der Waals surface area contributed by atoms with Crippen molar-refractivity contribution in [3.8, 4) is 0 Å². The van der Waals surface area contributed by atoms with Gasteiger partial charge in [0.1, 0.15) is 5.69 Å². The van der Waals surface area contributed by atoms with Crippen LogP contribution in [0.4, 0.5) is 16.2 Å². The van der Waals surface area contributed by atoms with Crippen molar-refractivity contribution in [2.75, 3.05) is 23.3 Å². The Labute approximate surface area is 127 Å². The maximum absolute atomic E-state index is 12.0. The van der Waals surface area contributed by atoms with Crippen molar-refractivity contribution in [2.45, 2.75) is 6.42 Å². The number of rotatable bonds is 3. The van der Waals surface area contributed by atoms with Crippen molar-refractivity contribution in [2.24, 2.45) is 0 Å². The molecule has 1 aliphatic rings. The molecule has 2 aromatic rings. The topological polar surface area (TPSA) is 87.2 Å². The molecular formula is C15H15N5O2. The van der Waals surface area contributed by atoms with E-state index in [1.54, 1.807) is 29.2 Å². The Morgan fingerprint density at radius 2 is 2.05 bits per heavy atom. The minimum Gasteiger partial charge on any atom is -0.338 e. The molecule has 1 aliphatic heterocycles. The highest BCUT2D eigenvalue weighted by atomic mass is 16.2. The second-order valence-electron chi connectivity index (χ2n) is 4.83. The lowest BCUT2D eigenvalue weighted by Crippen LogP contribution is -2.46. The molecule has 0 spiro atoms. The van der Waals surface area contributed by atoms with Crippen LogP contribution in [0.2, 0.25) is 0 Å². The van der Waals surface area contributed by atoms with Crippen molar-refractivity contribution < 1.29 is 9.59 Å². The third kappa shape index (κ3) is 3.03. The molecule has 0 saturated carbocycles. The van der Waals surface area contributed by atoms with Gasteiger partial charge in [-0.2, -0.15) is 0 Å². The van der Waals surface area contributed by atoms with Gasteiger partial charge in [0.05, 0.1) is 6.20 Å². The lowest BCUT2D eigenvalue weighted by molar-refractivity contribution is 0.102. The SMILES string of the molecule is O=C(Nc1ccc(N2CCCNC2=O)cc1)c1cnccn1. The lowest BCUT2D eigenvalue weighted by Gasteiger charge is -2.27. The number of anilines is 2. The number of aromatic nitrogens is 2. The van der Waals surface area contributed by atoms with E-state index in [0.717, 1.165) is 12.1 Å². The Hall–Kier alpha value is -2.96. The molecule has 1 fully saturated rings. The number of hydrogen-bond acceptors (Lipinski definition) is 4. The molecule has 2 heterocycles. The minimum absolute atomic E-state index is 0.0948. The van der Waals surface area contributed by atoms with Gasteiger partial charge in [-0.25, -0.2) is 9.78 Å². The molecule has 1 aromatic heterocycles. The van der Waals surface area contributed by atoms with Gasteiger partial charge in [0.15, 0.2) is 0 Å². The molecule has 0 unspecified atom stereocenters. The maximum Gasteiger partial charge on any atom is 0.321 e. The van der Waals surface area contributed by atoms with E-state index in [1.807, 2.05) is 0 Å². The van der Waals surface area contributed by atoms with Crippen molar-refractivity contribution in [3.63, 3.8) is 0 Å². The van der Waals surface area contributed by atoms with Crippen molar-refractivity contribution >= 4 is 23.3 Å². The zero-order valence-electron chi connectivity index (χ0n) is 11.8. The monoisotopic (exact) mass is 297 g/mol. The van der Waals surface area contributed by atoms with E-state index in [0.29, 0.717) is 18.8 Å². The van der Waals surface area contributed by atoms with Crippen molar-refractivity contribution in [1.29, 1.82) is 0 Å². The van der Waals surface area contributed by atoms with Crippen LogP contribution in [0.25, 0.3) is 0 Å². The van der Waals surface area contributed by atoms with Crippen LogP contribution in [0.3, 0.4) is 0 Å².